The number of aliphatic carboxylic acids is 1. The number of aromatic nitrogens is 1. The fourth-order valence-electron chi connectivity index (χ4n) is 6.36. The fourth-order valence-corrected chi connectivity index (χ4v) is 6.90. The molecule has 0 fully saturated rings. The first-order valence-electron chi connectivity index (χ1n) is 14.0. The fraction of sp³-hybridized carbons (Fsp3) is 0.400. The van der Waals surface area contributed by atoms with Gasteiger partial charge < -0.3 is 23.3 Å². The second-order valence-corrected chi connectivity index (χ2v) is 12.2. The number of fused-ring (bicyclic) bond motifs is 3. The van der Waals surface area contributed by atoms with Gasteiger partial charge in [-0.3, -0.25) is 4.79 Å². The molecule has 3 aliphatic rings. The third-order valence-corrected chi connectivity index (χ3v) is 10.0. The van der Waals surface area contributed by atoms with Crippen molar-refractivity contribution in [2.45, 2.75) is 65.4 Å². The highest BCUT2D eigenvalue weighted by atomic mass is 127. The Morgan fingerprint density at radius 2 is 1.90 bits per heavy atom. The van der Waals surface area contributed by atoms with E-state index in [-0.39, 0.29) is 29.2 Å². The van der Waals surface area contributed by atoms with Crippen LogP contribution >= 0.6 is 22.6 Å². The zero-order valence-corrected chi connectivity index (χ0v) is 25.5. The topological polar surface area (TPSA) is 48.5 Å². The van der Waals surface area contributed by atoms with Crippen molar-refractivity contribution in [3.63, 3.8) is 0 Å². The molecule has 0 amide bonds. The Balaban J connectivity index is 1.44. The molecule has 0 saturated carbocycles. The van der Waals surface area contributed by atoms with E-state index in [1.54, 1.807) is 38.1 Å². The molecule has 218 valence electrons. The van der Waals surface area contributed by atoms with Gasteiger partial charge >= 0.3 is 18.7 Å². The summed E-state index contributed by atoms with van der Waals surface area (Å²) in [5.41, 5.74) is 5.31. The molecular formula is C30H33BF4IN3O2. The molecule has 2 aromatic rings. The van der Waals surface area contributed by atoms with Gasteiger partial charge in [0.05, 0.1) is 3.58 Å². The first-order chi connectivity index (χ1) is 19.3. The number of rotatable bonds is 8. The van der Waals surface area contributed by atoms with Gasteiger partial charge in [0, 0.05) is 55.2 Å². The van der Waals surface area contributed by atoms with Crippen LogP contribution < -0.4 is 4.90 Å². The maximum absolute atomic E-state index is 16.7. The number of anilines is 1. The molecule has 41 heavy (non-hydrogen) atoms. The number of hydrogen-bond acceptors (Lipinski definition) is 2. The van der Waals surface area contributed by atoms with Crippen molar-refractivity contribution >= 4 is 64.9 Å². The minimum Gasteiger partial charge on any atom is -0.481 e. The quantitative estimate of drug-likeness (QED) is 0.134. The standard InChI is InChI=1S/C30H33BF4IN3O2/c1-19-16-24(39-26(19)18-27-20(2)29(36)21(3)38(27)31(39,35)30(32,33)34)12-10-22-11-13-25-23(17-22)8-7-15-37(25)14-6-4-5-9-28(40)41/h10-13,16-18H,4-9,14-15H2,1-3H3,(H,40,41)/b12-10+. The lowest BCUT2D eigenvalue weighted by Crippen LogP contribution is -2.64. The molecule has 5 nitrogen and oxygen atoms in total. The summed E-state index contributed by atoms with van der Waals surface area (Å²) in [5.74, 6) is -0.769. The molecule has 0 spiro atoms. The predicted octanol–water partition coefficient (Wildman–Crippen LogP) is 7.77. The summed E-state index contributed by atoms with van der Waals surface area (Å²) in [4.78, 5) is 13.1. The normalized spacial score (nSPS) is 20.5. The van der Waals surface area contributed by atoms with Crippen LogP contribution in [0.15, 0.2) is 39.1 Å². The molecule has 1 aromatic heterocycles. The summed E-state index contributed by atoms with van der Waals surface area (Å²) < 4.78 is 63.1. The molecule has 4 heterocycles. The van der Waals surface area contributed by atoms with Gasteiger partial charge in [-0.2, -0.15) is 13.2 Å². The van der Waals surface area contributed by atoms with Gasteiger partial charge in [0.25, 0.3) is 0 Å². The maximum atomic E-state index is 16.7. The second kappa shape index (κ2) is 11.1. The van der Waals surface area contributed by atoms with Crippen LogP contribution in [0.1, 0.15) is 74.0 Å². The van der Waals surface area contributed by atoms with Crippen LogP contribution in [0.5, 0.6) is 0 Å². The Morgan fingerprint density at radius 3 is 2.61 bits per heavy atom. The second-order valence-electron chi connectivity index (χ2n) is 11.2. The number of aryl methyl sites for hydroxylation is 2. The zero-order chi connectivity index (χ0) is 29.7. The van der Waals surface area contributed by atoms with Crippen LogP contribution in [0, 0.1) is 6.92 Å². The summed E-state index contributed by atoms with van der Waals surface area (Å²) in [6.45, 7) is 2.12. The molecule has 1 atom stereocenters. The molecule has 5 rings (SSSR count). The van der Waals surface area contributed by atoms with E-state index in [0.29, 0.717) is 21.1 Å². The SMILES string of the molecule is CC1=C(I)C(C)=[N+]2C1=Cc1c(C)cc(/C=C/c3ccc4c(c3)CCCN4CCCCCC(=O)O)n1[B-]2(F)C(F)(F)F. The number of unbranched alkanes of at least 4 members (excludes halogenated alkanes) is 2. The van der Waals surface area contributed by atoms with E-state index in [4.69, 9.17) is 5.11 Å². The molecule has 1 aromatic carbocycles. The lowest BCUT2D eigenvalue weighted by Gasteiger charge is -2.38. The van der Waals surface area contributed by atoms with E-state index in [1.165, 1.54) is 12.5 Å². The zero-order valence-electron chi connectivity index (χ0n) is 23.4. The molecule has 1 unspecified atom stereocenters. The molecule has 0 aliphatic carbocycles. The maximum Gasteiger partial charge on any atom is 0.649 e. The lowest BCUT2D eigenvalue weighted by atomic mass is 9.64. The van der Waals surface area contributed by atoms with Crippen LogP contribution in [-0.2, 0) is 11.2 Å². The highest BCUT2D eigenvalue weighted by Crippen LogP contribution is 2.46. The van der Waals surface area contributed by atoms with E-state index in [9.17, 15) is 18.0 Å². The number of carboxylic acid groups (broad SMARTS) is 1. The van der Waals surface area contributed by atoms with Crippen LogP contribution in [-0.4, -0.2) is 51.6 Å². The van der Waals surface area contributed by atoms with Gasteiger partial charge in [-0.1, -0.05) is 18.6 Å². The van der Waals surface area contributed by atoms with Gasteiger partial charge in [-0.25, -0.2) is 0 Å². The third-order valence-electron chi connectivity index (χ3n) is 8.42. The summed E-state index contributed by atoms with van der Waals surface area (Å²) in [5, 5.41) is 8.83. The van der Waals surface area contributed by atoms with Crippen molar-refractivity contribution in [2.24, 2.45) is 0 Å². The summed E-state index contributed by atoms with van der Waals surface area (Å²) in [7, 11) is 0. The summed E-state index contributed by atoms with van der Waals surface area (Å²) in [6.07, 6.45) is 4.39. The number of carbonyl (C=O) groups is 1. The van der Waals surface area contributed by atoms with E-state index < -0.39 is 18.7 Å². The van der Waals surface area contributed by atoms with Gasteiger partial charge in [-0.05, 0) is 103 Å². The van der Waals surface area contributed by atoms with Crippen molar-refractivity contribution in [2.75, 3.05) is 18.0 Å². The minimum absolute atomic E-state index is 0.167. The highest BCUT2D eigenvalue weighted by molar-refractivity contribution is 14.1. The molecule has 0 saturated heterocycles. The van der Waals surface area contributed by atoms with E-state index in [2.05, 4.69) is 11.0 Å². The summed E-state index contributed by atoms with van der Waals surface area (Å²) >= 11 is 1.99. The minimum atomic E-state index is -5.13. The number of nitrogens with zero attached hydrogens (tertiary/aromatic N) is 3. The molecule has 1 N–H and O–H groups in total. The third kappa shape index (κ3) is 5.19. The number of hydrogen-bond donors (Lipinski definition) is 1. The van der Waals surface area contributed by atoms with Crippen LogP contribution in [0.25, 0.3) is 18.2 Å². The van der Waals surface area contributed by atoms with Gasteiger partial charge in [-0.15, -0.1) is 0 Å². The monoisotopic (exact) mass is 681 g/mol. The average Bonchev–Trinajstić information content (AvgIpc) is 3.35. The summed E-state index contributed by atoms with van der Waals surface area (Å²) in [6, 6.07) is 7.65. The molecular weight excluding hydrogens is 648 g/mol. The molecule has 0 bridgehead atoms. The Hall–Kier alpha value is -2.83. The Morgan fingerprint density at radius 1 is 1.15 bits per heavy atom. The largest absolute Gasteiger partial charge is 0.649 e. The molecule has 3 aliphatic heterocycles. The number of carboxylic acids is 1. The van der Waals surface area contributed by atoms with Crippen molar-refractivity contribution in [1.82, 2.24) is 4.48 Å². The van der Waals surface area contributed by atoms with Gasteiger partial charge in [0.2, 0.25) is 0 Å². The highest BCUT2D eigenvalue weighted by Gasteiger charge is 2.70. The lowest BCUT2D eigenvalue weighted by molar-refractivity contribution is -0.374. The first-order valence-corrected chi connectivity index (χ1v) is 15.0. The smallest absolute Gasteiger partial charge is 0.481 e. The van der Waals surface area contributed by atoms with Crippen LogP contribution in [0.2, 0.25) is 0 Å². The molecule has 0 radical (unpaired) electrons. The van der Waals surface area contributed by atoms with Crippen molar-refractivity contribution < 1.29 is 31.9 Å². The predicted molar refractivity (Wildman–Crippen MR) is 165 cm³/mol. The van der Waals surface area contributed by atoms with Crippen molar-refractivity contribution in [3.8, 4) is 0 Å². The van der Waals surface area contributed by atoms with Crippen LogP contribution in [0.4, 0.5) is 23.2 Å². The Labute approximate surface area is 251 Å². The average molecular weight is 681 g/mol. The number of benzene rings is 1. The number of allylic oxidation sites excluding steroid dienone is 2. The van der Waals surface area contributed by atoms with E-state index in [0.717, 1.165) is 59.0 Å². The van der Waals surface area contributed by atoms with Crippen molar-refractivity contribution in [1.29, 1.82) is 0 Å². The van der Waals surface area contributed by atoms with Crippen LogP contribution in [0.3, 0.4) is 0 Å². The molecule has 11 heteroatoms. The van der Waals surface area contributed by atoms with Gasteiger partial charge in [0.1, 0.15) is 5.71 Å². The number of halogens is 5. The first kappa shape index (κ1) is 29.7. The van der Waals surface area contributed by atoms with E-state index in [1.807, 2.05) is 34.7 Å². The van der Waals surface area contributed by atoms with Crippen molar-refractivity contribution in [3.05, 3.63) is 67.2 Å². The Kier molecular flexibility index (Phi) is 8.04. The van der Waals surface area contributed by atoms with E-state index >= 15 is 4.32 Å². The van der Waals surface area contributed by atoms with Gasteiger partial charge in [0.15, 0.2) is 5.70 Å². The number of alkyl halides is 3. The Bertz CT molecular complexity index is 1540.